The van der Waals surface area contributed by atoms with Gasteiger partial charge in [0.2, 0.25) is 0 Å². The molecular weight excluding hydrogens is 252 g/mol. The molecule has 0 fully saturated rings. The van der Waals surface area contributed by atoms with Gasteiger partial charge in [0.15, 0.2) is 5.78 Å². The molecule has 4 N–H and O–H groups in total. The Balaban J connectivity index is 2.03. The first-order valence-electron chi connectivity index (χ1n) is 6.43. The summed E-state index contributed by atoms with van der Waals surface area (Å²) in [5, 5.41) is 12.2. The first kappa shape index (κ1) is 14.1. The number of hydrogen-bond acceptors (Lipinski definition) is 4. The summed E-state index contributed by atoms with van der Waals surface area (Å²) in [6, 6.07) is 13.1. The molecule has 0 saturated heterocycles. The Bertz CT molecular complexity index is 606. The van der Waals surface area contributed by atoms with Crippen molar-refractivity contribution >= 4 is 17.2 Å². The van der Waals surface area contributed by atoms with Crippen LogP contribution >= 0.6 is 0 Å². The molecule has 0 aromatic heterocycles. The molecule has 0 aliphatic heterocycles. The van der Waals surface area contributed by atoms with Gasteiger partial charge >= 0.3 is 0 Å². The van der Waals surface area contributed by atoms with Gasteiger partial charge in [-0.25, -0.2) is 0 Å². The number of anilines is 2. The fraction of sp³-hybridized carbons (Fsp3) is 0.188. The van der Waals surface area contributed by atoms with Crippen LogP contribution < -0.4 is 11.1 Å². The summed E-state index contributed by atoms with van der Waals surface area (Å²) >= 11 is 0. The normalized spacial score (nSPS) is 10.3. The SMILES string of the molecule is CC(=O)c1ccc(NCc2ccc(CO)cc2)cc1N. The lowest BCUT2D eigenvalue weighted by molar-refractivity contribution is 0.101. The van der Waals surface area contributed by atoms with E-state index in [4.69, 9.17) is 10.8 Å². The summed E-state index contributed by atoms with van der Waals surface area (Å²) in [4.78, 5) is 11.3. The zero-order chi connectivity index (χ0) is 14.5. The van der Waals surface area contributed by atoms with Gasteiger partial charge in [0.25, 0.3) is 0 Å². The molecule has 0 amide bonds. The minimum absolute atomic E-state index is 0.0337. The van der Waals surface area contributed by atoms with Crippen LogP contribution in [-0.2, 0) is 13.2 Å². The molecule has 0 saturated carbocycles. The number of ketones is 1. The Labute approximate surface area is 118 Å². The van der Waals surface area contributed by atoms with Crippen molar-refractivity contribution in [1.82, 2.24) is 0 Å². The maximum Gasteiger partial charge on any atom is 0.161 e. The fourth-order valence-corrected chi connectivity index (χ4v) is 1.96. The van der Waals surface area contributed by atoms with Gasteiger partial charge in [-0.1, -0.05) is 24.3 Å². The predicted molar refractivity (Wildman–Crippen MR) is 80.6 cm³/mol. The highest BCUT2D eigenvalue weighted by atomic mass is 16.3. The fourth-order valence-electron chi connectivity index (χ4n) is 1.96. The van der Waals surface area contributed by atoms with Crippen molar-refractivity contribution in [3.05, 3.63) is 59.2 Å². The van der Waals surface area contributed by atoms with E-state index in [0.29, 0.717) is 17.8 Å². The van der Waals surface area contributed by atoms with Gasteiger partial charge in [0, 0.05) is 23.5 Å². The van der Waals surface area contributed by atoms with E-state index >= 15 is 0 Å². The number of carbonyl (C=O) groups is 1. The maximum atomic E-state index is 11.3. The van der Waals surface area contributed by atoms with Crippen LogP contribution in [-0.4, -0.2) is 10.9 Å². The topological polar surface area (TPSA) is 75.3 Å². The van der Waals surface area contributed by atoms with Gasteiger partial charge in [-0.3, -0.25) is 4.79 Å². The average Bonchev–Trinajstić information content (AvgIpc) is 2.45. The number of benzene rings is 2. The van der Waals surface area contributed by atoms with Gasteiger partial charge in [-0.15, -0.1) is 0 Å². The zero-order valence-electron chi connectivity index (χ0n) is 11.4. The van der Waals surface area contributed by atoms with Crippen LogP contribution in [0.25, 0.3) is 0 Å². The van der Waals surface area contributed by atoms with Crippen molar-refractivity contribution in [2.45, 2.75) is 20.1 Å². The number of Topliss-reactive ketones (excluding diaryl/α,β-unsaturated/α-hetero) is 1. The molecule has 4 nitrogen and oxygen atoms in total. The molecule has 0 spiro atoms. The van der Waals surface area contributed by atoms with Gasteiger partial charge in [0.05, 0.1) is 6.61 Å². The quantitative estimate of drug-likeness (QED) is 0.576. The van der Waals surface area contributed by atoms with Crippen LogP contribution in [0.4, 0.5) is 11.4 Å². The van der Waals surface area contributed by atoms with Crippen LogP contribution in [0.2, 0.25) is 0 Å². The lowest BCUT2D eigenvalue weighted by Crippen LogP contribution is -2.03. The van der Waals surface area contributed by atoms with Gasteiger partial charge in [-0.2, -0.15) is 0 Å². The number of rotatable bonds is 5. The summed E-state index contributed by atoms with van der Waals surface area (Å²) < 4.78 is 0. The van der Waals surface area contributed by atoms with Crippen LogP contribution in [0.5, 0.6) is 0 Å². The predicted octanol–water partition coefficient (Wildman–Crippen LogP) is 2.58. The van der Waals surface area contributed by atoms with E-state index in [1.54, 1.807) is 12.1 Å². The smallest absolute Gasteiger partial charge is 0.161 e. The van der Waals surface area contributed by atoms with E-state index in [1.165, 1.54) is 6.92 Å². The molecule has 2 aromatic carbocycles. The molecule has 0 radical (unpaired) electrons. The van der Waals surface area contributed by atoms with Crippen LogP contribution in [0.3, 0.4) is 0 Å². The number of nitrogens with one attached hydrogen (secondary N) is 1. The molecule has 0 atom stereocenters. The van der Waals surface area contributed by atoms with Crippen molar-refractivity contribution in [3.8, 4) is 0 Å². The van der Waals surface area contributed by atoms with E-state index in [2.05, 4.69) is 5.32 Å². The zero-order valence-corrected chi connectivity index (χ0v) is 11.4. The minimum Gasteiger partial charge on any atom is -0.398 e. The minimum atomic E-state index is -0.0337. The monoisotopic (exact) mass is 270 g/mol. The lowest BCUT2D eigenvalue weighted by Gasteiger charge is -2.09. The largest absolute Gasteiger partial charge is 0.398 e. The number of aliphatic hydroxyl groups is 1. The number of nitrogen functional groups attached to an aromatic ring is 1. The summed E-state index contributed by atoms with van der Waals surface area (Å²) in [6.45, 7) is 2.21. The highest BCUT2D eigenvalue weighted by molar-refractivity contribution is 5.99. The van der Waals surface area contributed by atoms with E-state index in [-0.39, 0.29) is 12.4 Å². The van der Waals surface area contributed by atoms with Crippen molar-refractivity contribution in [2.75, 3.05) is 11.1 Å². The van der Waals surface area contributed by atoms with Crippen molar-refractivity contribution in [3.63, 3.8) is 0 Å². The summed E-state index contributed by atoms with van der Waals surface area (Å²) in [7, 11) is 0. The van der Waals surface area contributed by atoms with Crippen molar-refractivity contribution in [1.29, 1.82) is 0 Å². The second-order valence-corrected chi connectivity index (χ2v) is 4.69. The summed E-state index contributed by atoms with van der Waals surface area (Å²) in [5.41, 5.74) is 9.74. The third kappa shape index (κ3) is 3.36. The van der Waals surface area contributed by atoms with Crippen LogP contribution in [0.1, 0.15) is 28.4 Å². The van der Waals surface area contributed by atoms with Crippen LogP contribution in [0.15, 0.2) is 42.5 Å². The molecule has 0 aliphatic carbocycles. The van der Waals surface area contributed by atoms with E-state index in [9.17, 15) is 4.79 Å². The average molecular weight is 270 g/mol. The number of aliphatic hydroxyl groups excluding tert-OH is 1. The number of carbonyl (C=O) groups excluding carboxylic acids is 1. The van der Waals surface area contributed by atoms with E-state index in [0.717, 1.165) is 16.8 Å². The Morgan fingerprint density at radius 3 is 2.35 bits per heavy atom. The molecule has 2 rings (SSSR count). The standard InChI is InChI=1S/C16H18N2O2/c1-11(20)15-7-6-14(8-16(15)17)18-9-12-2-4-13(10-19)5-3-12/h2-8,18-19H,9-10,17H2,1H3. The Morgan fingerprint density at radius 2 is 1.80 bits per heavy atom. The van der Waals surface area contributed by atoms with Crippen molar-refractivity contribution < 1.29 is 9.90 Å². The molecule has 2 aromatic rings. The Morgan fingerprint density at radius 1 is 1.15 bits per heavy atom. The second-order valence-electron chi connectivity index (χ2n) is 4.69. The molecule has 4 heteroatoms. The van der Waals surface area contributed by atoms with Gasteiger partial charge in [-0.05, 0) is 36.2 Å². The van der Waals surface area contributed by atoms with Gasteiger partial charge in [0.1, 0.15) is 0 Å². The maximum absolute atomic E-state index is 11.3. The Kier molecular flexibility index (Phi) is 4.38. The lowest BCUT2D eigenvalue weighted by atomic mass is 10.1. The molecular formula is C16H18N2O2. The highest BCUT2D eigenvalue weighted by Crippen LogP contribution is 2.19. The molecule has 0 aliphatic rings. The first-order valence-corrected chi connectivity index (χ1v) is 6.43. The summed E-state index contributed by atoms with van der Waals surface area (Å²) in [6.07, 6.45) is 0. The highest BCUT2D eigenvalue weighted by Gasteiger charge is 2.05. The molecule has 104 valence electrons. The summed E-state index contributed by atoms with van der Waals surface area (Å²) in [5.74, 6) is -0.0337. The molecule has 0 heterocycles. The second kappa shape index (κ2) is 6.21. The number of hydrogen-bond donors (Lipinski definition) is 3. The van der Waals surface area contributed by atoms with Crippen LogP contribution in [0, 0.1) is 0 Å². The van der Waals surface area contributed by atoms with E-state index in [1.807, 2.05) is 30.3 Å². The molecule has 0 unspecified atom stereocenters. The Hall–Kier alpha value is -2.33. The third-order valence-corrected chi connectivity index (χ3v) is 3.13. The number of nitrogens with two attached hydrogens (primary N) is 1. The molecule has 0 bridgehead atoms. The van der Waals surface area contributed by atoms with Gasteiger partial charge < -0.3 is 16.2 Å². The van der Waals surface area contributed by atoms with Crippen molar-refractivity contribution in [2.24, 2.45) is 0 Å². The molecule has 20 heavy (non-hydrogen) atoms. The first-order chi connectivity index (χ1) is 9.60. The third-order valence-electron chi connectivity index (χ3n) is 3.13. The van der Waals surface area contributed by atoms with E-state index < -0.39 is 0 Å².